The predicted molar refractivity (Wildman–Crippen MR) is 106 cm³/mol. The molecule has 2 aliphatic rings. The van der Waals surface area contributed by atoms with Gasteiger partial charge in [-0.05, 0) is 24.1 Å². The van der Waals surface area contributed by atoms with Crippen LogP contribution in [0.15, 0.2) is 30.7 Å². The van der Waals surface area contributed by atoms with Crippen molar-refractivity contribution in [2.75, 3.05) is 37.9 Å². The smallest absolute Gasteiger partial charge is 0.231 e. The van der Waals surface area contributed by atoms with Crippen LogP contribution < -0.4 is 14.4 Å². The van der Waals surface area contributed by atoms with Crippen LogP contribution in [0.4, 0.5) is 5.82 Å². The summed E-state index contributed by atoms with van der Waals surface area (Å²) in [4.78, 5) is 25.6. The first kappa shape index (κ1) is 17.7. The van der Waals surface area contributed by atoms with Gasteiger partial charge in [-0.15, -0.1) is 0 Å². The number of anilines is 1. The maximum atomic E-state index is 12.7. The first-order valence-corrected chi connectivity index (χ1v) is 9.73. The van der Waals surface area contributed by atoms with E-state index < -0.39 is 0 Å². The molecule has 0 aliphatic carbocycles. The summed E-state index contributed by atoms with van der Waals surface area (Å²) in [5, 5.41) is 5.22. The summed E-state index contributed by atoms with van der Waals surface area (Å²) in [6.45, 7) is 3.13. The molecule has 4 heterocycles. The third-order valence-corrected chi connectivity index (χ3v) is 5.50. The molecule has 0 bridgehead atoms. The van der Waals surface area contributed by atoms with Crippen molar-refractivity contribution in [1.29, 1.82) is 0 Å². The van der Waals surface area contributed by atoms with Gasteiger partial charge in [0.2, 0.25) is 12.7 Å². The molecule has 1 aromatic carbocycles. The number of hydrogen-bond donors (Lipinski definition) is 0. The van der Waals surface area contributed by atoms with Crippen LogP contribution in [0.5, 0.6) is 11.5 Å². The minimum absolute atomic E-state index is 0.177. The third kappa shape index (κ3) is 3.32. The molecule has 5 rings (SSSR count). The Balaban J connectivity index is 1.18. The Hall–Kier alpha value is -3.36. The fourth-order valence-electron chi connectivity index (χ4n) is 3.88. The minimum Gasteiger partial charge on any atom is -0.454 e. The molecule has 0 N–H and O–H groups in total. The summed E-state index contributed by atoms with van der Waals surface area (Å²) >= 11 is 0. The Morgan fingerprint density at radius 2 is 1.93 bits per heavy atom. The number of carbonyl (C=O) groups is 1. The van der Waals surface area contributed by atoms with Crippen LogP contribution in [0.2, 0.25) is 0 Å². The van der Waals surface area contributed by atoms with Gasteiger partial charge in [0.25, 0.3) is 0 Å². The summed E-state index contributed by atoms with van der Waals surface area (Å²) in [5.41, 5.74) is 1.90. The highest BCUT2D eigenvalue weighted by Crippen LogP contribution is 2.32. The Morgan fingerprint density at radius 1 is 1.10 bits per heavy atom. The first-order valence-electron chi connectivity index (χ1n) is 9.73. The lowest BCUT2D eigenvalue weighted by atomic mass is 10.1. The van der Waals surface area contributed by atoms with Crippen LogP contribution in [0, 0.1) is 0 Å². The molecule has 150 valence electrons. The highest BCUT2D eigenvalue weighted by atomic mass is 16.7. The molecule has 9 nitrogen and oxygen atoms in total. The van der Waals surface area contributed by atoms with Gasteiger partial charge < -0.3 is 19.3 Å². The summed E-state index contributed by atoms with van der Waals surface area (Å²) in [5.74, 6) is 2.59. The molecule has 2 aliphatic heterocycles. The molecule has 1 amide bonds. The number of fused-ring (bicyclic) bond motifs is 2. The average molecular weight is 394 g/mol. The van der Waals surface area contributed by atoms with Crippen LogP contribution in [0.1, 0.15) is 12.0 Å². The van der Waals surface area contributed by atoms with Crippen LogP contribution in [0.25, 0.3) is 11.0 Å². The van der Waals surface area contributed by atoms with E-state index in [0.29, 0.717) is 25.9 Å². The largest absolute Gasteiger partial charge is 0.454 e. The molecule has 29 heavy (non-hydrogen) atoms. The van der Waals surface area contributed by atoms with E-state index in [2.05, 4.69) is 20.0 Å². The van der Waals surface area contributed by atoms with E-state index in [1.807, 2.05) is 30.1 Å². The van der Waals surface area contributed by atoms with Crippen LogP contribution in [-0.4, -0.2) is 63.5 Å². The van der Waals surface area contributed by atoms with Crippen LogP contribution in [-0.2, 0) is 18.3 Å². The Bertz CT molecular complexity index is 1060. The van der Waals surface area contributed by atoms with Crippen molar-refractivity contribution in [3.05, 3.63) is 36.3 Å². The predicted octanol–water partition coefficient (Wildman–Crippen LogP) is 1.37. The Kier molecular flexibility index (Phi) is 4.42. The number of nitrogens with zero attached hydrogens (tertiary/aromatic N) is 6. The van der Waals surface area contributed by atoms with Gasteiger partial charge in [-0.2, -0.15) is 5.10 Å². The Morgan fingerprint density at radius 3 is 2.79 bits per heavy atom. The average Bonchev–Trinajstić information content (AvgIpc) is 3.38. The number of aryl methyl sites for hydroxylation is 2. The molecule has 0 unspecified atom stereocenters. The molecule has 0 saturated carbocycles. The molecule has 0 radical (unpaired) electrons. The lowest BCUT2D eigenvalue weighted by Gasteiger charge is -2.35. The highest BCUT2D eigenvalue weighted by Gasteiger charge is 2.24. The number of amides is 1. The van der Waals surface area contributed by atoms with E-state index in [0.717, 1.165) is 47.0 Å². The topological polar surface area (TPSA) is 85.6 Å². The van der Waals surface area contributed by atoms with Gasteiger partial charge in [0.1, 0.15) is 12.1 Å². The van der Waals surface area contributed by atoms with E-state index in [4.69, 9.17) is 9.47 Å². The zero-order valence-electron chi connectivity index (χ0n) is 16.2. The van der Waals surface area contributed by atoms with Crippen molar-refractivity contribution in [2.24, 2.45) is 7.05 Å². The normalized spacial score (nSPS) is 15.9. The zero-order valence-corrected chi connectivity index (χ0v) is 16.2. The number of ether oxygens (including phenoxy) is 2. The molecule has 0 spiro atoms. The van der Waals surface area contributed by atoms with Crippen molar-refractivity contribution >= 4 is 22.8 Å². The molecular weight excluding hydrogens is 372 g/mol. The number of carbonyl (C=O) groups excluding carboxylic acids is 1. The van der Waals surface area contributed by atoms with E-state index in [-0.39, 0.29) is 12.7 Å². The second-order valence-corrected chi connectivity index (χ2v) is 7.26. The van der Waals surface area contributed by atoms with Crippen molar-refractivity contribution in [2.45, 2.75) is 12.8 Å². The molecule has 0 atom stereocenters. The second kappa shape index (κ2) is 7.23. The van der Waals surface area contributed by atoms with Crippen molar-refractivity contribution in [1.82, 2.24) is 24.6 Å². The van der Waals surface area contributed by atoms with E-state index >= 15 is 0 Å². The van der Waals surface area contributed by atoms with Crippen molar-refractivity contribution in [3.63, 3.8) is 0 Å². The zero-order chi connectivity index (χ0) is 19.8. The SMILES string of the molecule is Cn1ncc2c(N3CCN(C(=O)CCc4ccc5c(c4)OCO5)CC3)ncnc21. The van der Waals surface area contributed by atoms with E-state index in [1.54, 1.807) is 17.2 Å². The summed E-state index contributed by atoms with van der Waals surface area (Å²) in [6, 6.07) is 5.86. The number of aromatic nitrogens is 4. The number of benzene rings is 1. The van der Waals surface area contributed by atoms with Crippen LogP contribution in [0.3, 0.4) is 0 Å². The first-order chi connectivity index (χ1) is 14.2. The van der Waals surface area contributed by atoms with Gasteiger partial charge >= 0.3 is 0 Å². The summed E-state index contributed by atoms with van der Waals surface area (Å²) in [6.07, 6.45) is 4.55. The molecule has 3 aromatic rings. The minimum atomic E-state index is 0.177. The Labute approximate surface area is 167 Å². The lowest BCUT2D eigenvalue weighted by molar-refractivity contribution is -0.131. The third-order valence-electron chi connectivity index (χ3n) is 5.50. The van der Waals surface area contributed by atoms with E-state index in [1.165, 1.54) is 0 Å². The standard InChI is InChI=1S/C20H22N6O3/c1-24-19-15(11-23-24)20(22-12-21-19)26-8-6-25(7-9-26)18(27)5-3-14-2-4-16-17(10-14)29-13-28-16/h2,4,10-12H,3,5-9,13H2,1H3. The van der Waals surface area contributed by atoms with Crippen molar-refractivity contribution < 1.29 is 14.3 Å². The monoisotopic (exact) mass is 394 g/mol. The molecule has 1 saturated heterocycles. The van der Waals surface area contributed by atoms with Crippen LogP contribution >= 0.6 is 0 Å². The maximum absolute atomic E-state index is 12.7. The fraction of sp³-hybridized carbons (Fsp3) is 0.400. The van der Waals surface area contributed by atoms with Gasteiger partial charge in [0.15, 0.2) is 17.1 Å². The summed E-state index contributed by atoms with van der Waals surface area (Å²) in [7, 11) is 1.87. The lowest BCUT2D eigenvalue weighted by Crippen LogP contribution is -2.49. The van der Waals surface area contributed by atoms with E-state index in [9.17, 15) is 4.79 Å². The number of rotatable bonds is 4. The quantitative estimate of drug-likeness (QED) is 0.661. The molecular formula is C20H22N6O3. The molecule has 1 fully saturated rings. The second-order valence-electron chi connectivity index (χ2n) is 7.26. The van der Waals surface area contributed by atoms with Gasteiger partial charge in [-0.3, -0.25) is 9.48 Å². The highest BCUT2D eigenvalue weighted by molar-refractivity contribution is 5.86. The summed E-state index contributed by atoms with van der Waals surface area (Å²) < 4.78 is 12.5. The fourth-order valence-corrected chi connectivity index (χ4v) is 3.88. The number of hydrogen-bond acceptors (Lipinski definition) is 7. The maximum Gasteiger partial charge on any atom is 0.231 e. The van der Waals surface area contributed by atoms with Gasteiger partial charge in [-0.25, -0.2) is 9.97 Å². The molecule has 9 heteroatoms. The van der Waals surface area contributed by atoms with Gasteiger partial charge in [0, 0.05) is 39.6 Å². The van der Waals surface area contributed by atoms with Gasteiger partial charge in [0.05, 0.1) is 11.6 Å². The van der Waals surface area contributed by atoms with Crippen molar-refractivity contribution in [3.8, 4) is 11.5 Å². The van der Waals surface area contributed by atoms with Gasteiger partial charge in [-0.1, -0.05) is 6.07 Å². The molecule has 2 aromatic heterocycles. The number of piperazine rings is 1.